The fourth-order valence-corrected chi connectivity index (χ4v) is 3.51. The standard InChI is InChI=1S/C23H18FNO5/c1-29-17-10-6-15(7-11-17)21(26)19-20(14-4-8-16(24)9-5-14)25(23(28)22(19)27)13-18-3-2-12-30-18/h2-12,20,26H,13H2,1H3/t20-/m1/s1. The maximum atomic E-state index is 13.5. The van der Waals surface area contributed by atoms with Crippen molar-refractivity contribution in [2.45, 2.75) is 12.6 Å². The molecule has 2 aromatic carbocycles. The van der Waals surface area contributed by atoms with E-state index in [0.29, 0.717) is 22.6 Å². The van der Waals surface area contributed by atoms with E-state index in [9.17, 15) is 19.1 Å². The van der Waals surface area contributed by atoms with Crippen molar-refractivity contribution in [2.24, 2.45) is 0 Å². The van der Waals surface area contributed by atoms with Crippen LogP contribution in [0.1, 0.15) is 22.9 Å². The fraction of sp³-hybridized carbons (Fsp3) is 0.130. The molecule has 0 radical (unpaired) electrons. The molecule has 2 heterocycles. The predicted octanol–water partition coefficient (Wildman–Crippen LogP) is 4.05. The van der Waals surface area contributed by atoms with Crippen molar-refractivity contribution in [3.05, 3.63) is 95.2 Å². The summed E-state index contributed by atoms with van der Waals surface area (Å²) in [6, 6.07) is 14.4. The second kappa shape index (κ2) is 7.87. The summed E-state index contributed by atoms with van der Waals surface area (Å²) >= 11 is 0. The molecular formula is C23H18FNO5. The molecule has 7 heteroatoms. The van der Waals surface area contributed by atoms with Gasteiger partial charge in [0.25, 0.3) is 11.7 Å². The van der Waals surface area contributed by atoms with E-state index in [1.807, 2.05) is 0 Å². The molecule has 30 heavy (non-hydrogen) atoms. The number of likely N-dealkylation sites (tertiary alicyclic amines) is 1. The maximum absolute atomic E-state index is 13.5. The van der Waals surface area contributed by atoms with Crippen molar-refractivity contribution in [1.29, 1.82) is 0 Å². The zero-order valence-corrected chi connectivity index (χ0v) is 16.0. The molecule has 152 valence electrons. The third-order valence-electron chi connectivity index (χ3n) is 5.00. The molecule has 0 bridgehead atoms. The Kier molecular flexibility index (Phi) is 5.10. The number of ether oxygens (including phenoxy) is 1. The van der Waals surface area contributed by atoms with Gasteiger partial charge in [0.1, 0.15) is 23.1 Å². The number of methoxy groups -OCH3 is 1. The second-order valence-corrected chi connectivity index (χ2v) is 6.79. The molecule has 1 aliphatic heterocycles. The Morgan fingerprint density at radius 3 is 2.40 bits per heavy atom. The number of ketones is 1. The molecule has 1 N–H and O–H groups in total. The summed E-state index contributed by atoms with van der Waals surface area (Å²) in [7, 11) is 1.52. The summed E-state index contributed by atoms with van der Waals surface area (Å²) < 4.78 is 23.9. The van der Waals surface area contributed by atoms with Crippen LogP contribution in [0, 0.1) is 5.82 Å². The van der Waals surface area contributed by atoms with Gasteiger partial charge in [-0.1, -0.05) is 12.1 Å². The third kappa shape index (κ3) is 3.45. The molecule has 0 unspecified atom stereocenters. The highest BCUT2D eigenvalue weighted by molar-refractivity contribution is 6.46. The smallest absolute Gasteiger partial charge is 0.296 e. The van der Waals surface area contributed by atoms with Crippen molar-refractivity contribution in [3.8, 4) is 5.75 Å². The van der Waals surface area contributed by atoms with Gasteiger partial charge in [0, 0.05) is 5.56 Å². The molecular weight excluding hydrogens is 389 g/mol. The van der Waals surface area contributed by atoms with Crippen LogP contribution in [-0.4, -0.2) is 28.8 Å². The number of nitrogens with zero attached hydrogens (tertiary/aromatic N) is 1. The molecule has 4 rings (SSSR count). The summed E-state index contributed by atoms with van der Waals surface area (Å²) in [6.45, 7) is 0.0268. The summed E-state index contributed by atoms with van der Waals surface area (Å²) in [5.74, 6) is -1.28. The van der Waals surface area contributed by atoms with Crippen molar-refractivity contribution in [3.63, 3.8) is 0 Å². The van der Waals surface area contributed by atoms with E-state index >= 15 is 0 Å². The minimum atomic E-state index is -0.891. The first-order valence-corrected chi connectivity index (χ1v) is 9.20. The number of carbonyl (C=O) groups is 2. The highest BCUT2D eigenvalue weighted by Gasteiger charge is 2.46. The molecule has 1 atom stereocenters. The third-order valence-corrected chi connectivity index (χ3v) is 5.00. The number of aliphatic hydroxyl groups is 1. The van der Waals surface area contributed by atoms with Crippen molar-refractivity contribution < 1.29 is 28.2 Å². The monoisotopic (exact) mass is 407 g/mol. The van der Waals surface area contributed by atoms with Gasteiger partial charge in [-0.2, -0.15) is 0 Å². The largest absolute Gasteiger partial charge is 0.507 e. The summed E-state index contributed by atoms with van der Waals surface area (Å²) in [4.78, 5) is 27.0. The molecule has 1 aliphatic rings. The number of furan rings is 1. The SMILES string of the molecule is COc1ccc(C(O)=C2C(=O)C(=O)N(Cc3ccco3)[C@@H]2c2ccc(F)cc2)cc1. The van der Waals surface area contributed by atoms with Crippen LogP contribution in [0.2, 0.25) is 0 Å². The van der Waals surface area contributed by atoms with Crippen LogP contribution in [0.5, 0.6) is 5.75 Å². The zero-order chi connectivity index (χ0) is 21.3. The Labute approximate surface area is 171 Å². The number of Topliss-reactive ketones (excluding diaryl/α,β-unsaturated/α-hetero) is 1. The molecule has 0 saturated carbocycles. The van der Waals surface area contributed by atoms with Crippen molar-refractivity contribution >= 4 is 17.4 Å². The first-order chi connectivity index (χ1) is 14.5. The van der Waals surface area contributed by atoms with Crippen LogP contribution >= 0.6 is 0 Å². The molecule has 6 nitrogen and oxygen atoms in total. The van der Waals surface area contributed by atoms with E-state index in [1.54, 1.807) is 36.4 Å². The molecule has 1 fully saturated rings. The number of rotatable bonds is 5. The number of amides is 1. The van der Waals surface area contributed by atoms with E-state index in [1.165, 1.54) is 42.5 Å². The first kappa shape index (κ1) is 19.4. The van der Waals surface area contributed by atoms with Crippen molar-refractivity contribution in [1.82, 2.24) is 4.90 Å². The Balaban J connectivity index is 1.84. The highest BCUT2D eigenvalue weighted by atomic mass is 19.1. The van der Waals surface area contributed by atoms with E-state index < -0.39 is 23.5 Å². The van der Waals surface area contributed by atoms with Crippen LogP contribution in [0.3, 0.4) is 0 Å². The minimum absolute atomic E-state index is 0.0268. The van der Waals surface area contributed by atoms with Crippen LogP contribution in [-0.2, 0) is 16.1 Å². The van der Waals surface area contributed by atoms with Crippen LogP contribution in [0.4, 0.5) is 4.39 Å². The average Bonchev–Trinajstić information content (AvgIpc) is 3.36. The van der Waals surface area contributed by atoms with Crippen LogP contribution < -0.4 is 4.74 Å². The van der Waals surface area contributed by atoms with Gasteiger partial charge < -0.3 is 19.2 Å². The van der Waals surface area contributed by atoms with Gasteiger partial charge in [-0.05, 0) is 54.1 Å². The fourth-order valence-electron chi connectivity index (χ4n) is 3.51. The second-order valence-electron chi connectivity index (χ2n) is 6.79. The van der Waals surface area contributed by atoms with Gasteiger partial charge in [0.15, 0.2) is 0 Å². The Hall–Kier alpha value is -3.87. The number of aliphatic hydroxyl groups excluding tert-OH is 1. The maximum Gasteiger partial charge on any atom is 0.296 e. The number of hydrogen-bond donors (Lipinski definition) is 1. The van der Waals surface area contributed by atoms with Crippen LogP contribution in [0.15, 0.2) is 76.9 Å². The number of halogens is 1. The van der Waals surface area contributed by atoms with Gasteiger partial charge in [-0.3, -0.25) is 9.59 Å². The molecule has 1 saturated heterocycles. The molecule has 3 aromatic rings. The van der Waals surface area contributed by atoms with E-state index in [4.69, 9.17) is 9.15 Å². The quantitative estimate of drug-likeness (QED) is 0.392. The predicted molar refractivity (Wildman–Crippen MR) is 106 cm³/mol. The average molecular weight is 407 g/mol. The summed E-state index contributed by atoms with van der Waals surface area (Å²) in [5, 5.41) is 10.9. The highest BCUT2D eigenvalue weighted by Crippen LogP contribution is 2.40. The zero-order valence-electron chi connectivity index (χ0n) is 16.0. The van der Waals surface area contributed by atoms with Crippen LogP contribution in [0.25, 0.3) is 5.76 Å². The first-order valence-electron chi connectivity index (χ1n) is 9.20. The molecule has 0 spiro atoms. The Bertz CT molecular complexity index is 1100. The number of benzene rings is 2. The van der Waals surface area contributed by atoms with E-state index in [2.05, 4.69) is 0 Å². The minimum Gasteiger partial charge on any atom is -0.507 e. The van der Waals surface area contributed by atoms with Gasteiger partial charge in [-0.25, -0.2) is 4.39 Å². The van der Waals surface area contributed by atoms with Gasteiger partial charge in [-0.15, -0.1) is 0 Å². The van der Waals surface area contributed by atoms with E-state index in [-0.39, 0.29) is 17.9 Å². The lowest BCUT2D eigenvalue weighted by molar-refractivity contribution is -0.140. The Morgan fingerprint density at radius 2 is 1.80 bits per heavy atom. The number of carbonyl (C=O) groups excluding carboxylic acids is 2. The molecule has 0 aliphatic carbocycles. The Morgan fingerprint density at radius 1 is 1.10 bits per heavy atom. The summed E-state index contributed by atoms with van der Waals surface area (Å²) in [5.41, 5.74) is 0.791. The topological polar surface area (TPSA) is 80.0 Å². The lowest BCUT2D eigenvalue weighted by atomic mass is 9.95. The normalized spacial score (nSPS) is 18.1. The van der Waals surface area contributed by atoms with Gasteiger partial charge >= 0.3 is 0 Å². The molecule has 1 aromatic heterocycles. The summed E-state index contributed by atoms with van der Waals surface area (Å²) in [6.07, 6.45) is 1.47. The van der Waals surface area contributed by atoms with E-state index in [0.717, 1.165) is 0 Å². The number of hydrogen-bond acceptors (Lipinski definition) is 5. The van der Waals surface area contributed by atoms with Crippen molar-refractivity contribution in [2.75, 3.05) is 7.11 Å². The lowest BCUT2D eigenvalue weighted by Gasteiger charge is -2.24. The van der Waals surface area contributed by atoms with Gasteiger partial charge in [0.2, 0.25) is 0 Å². The molecule has 1 amide bonds. The lowest BCUT2D eigenvalue weighted by Crippen LogP contribution is -2.29. The van der Waals surface area contributed by atoms with Gasteiger partial charge in [0.05, 0.1) is 31.5 Å².